The highest BCUT2D eigenvalue weighted by molar-refractivity contribution is 7.89. The van der Waals surface area contributed by atoms with Gasteiger partial charge in [0.15, 0.2) is 6.61 Å². The number of halogens is 1. The van der Waals surface area contributed by atoms with Crippen molar-refractivity contribution < 1.29 is 27.5 Å². The average molecular weight is 463 g/mol. The largest absolute Gasteiger partial charge is 0.495 e. The van der Waals surface area contributed by atoms with E-state index in [2.05, 4.69) is 10.0 Å². The first kappa shape index (κ1) is 22.5. The molecule has 0 heterocycles. The molecule has 0 aliphatic carbocycles. The number of methoxy groups -OCH3 is 1. The first-order chi connectivity index (χ1) is 14.8. The van der Waals surface area contributed by atoms with Gasteiger partial charge in [-0.3, -0.25) is 9.59 Å². The van der Waals surface area contributed by atoms with Gasteiger partial charge in [-0.25, -0.2) is 8.42 Å². The van der Waals surface area contributed by atoms with Crippen molar-refractivity contribution in [2.75, 3.05) is 25.6 Å². The fraction of sp³-hybridized carbons (Fsp3) is 0.143. The molecule has 0 aliphatic rings. The third kappa shape index (κ3) is 5.94. The van der Waals surface area contributed by atoms with Gasteiger partial charge in [-0.05, 0) is 41.1 Å². The molecule has 3 rings (SSSR count). The molecular weight excluding hydrogens is 444 g/mol. The first-order valence-corrected chi connectivity index (χ1v) is 10.9. The number of amides is 1. The van der Waals surface area contributed by atoms with Crippen molar-refractivity contribution in [3.8, 4) is 5.75 Å². The van der Waals surface area contributed by atoms with Crippen molar-refractivity contribution in [3.63, 3.8) is 0 Å². The van der Waals surface area contributed by atoms with Gasteiger partial charge >= 0.3 is 5.97 Å². The number of ether oxygens (including phenoxy) is 2. The minimum atomic E-state index is -3.93. The van der Waals surface area contributed by atoms with Crippen LogP contribution in [0.4, 0.5) is 5.69 Å². The molecule has 8 nitrogen and oxygen atoms in total. The molecular formula is C21H19ClN2O6S. The van der Waals surface area contributed by atoms with Gasteiger partial charge in [0.05, 0.1) is 17.7 Å². The van der Waals surface area contributed by atoms with E-state index in [1.54, 1.807) is 30.3 Å². The van der Waals surface area contributed by atoms with Crippen LogP contribution < -0.4 is 14.8 Å². The zero-order valence-electron chi connectivity index (χ0n) is 16.4. The number of fused-ring (bicyclic) bond motifs is 1. The van der Waals surface area contributed by atoms with Crippen molar-refractivity contribution in [1.29, 1.82) is 0 Å². The lowest BCUT2D eigenvalue weighted by molar-refractivity contribution is -0.146. The number of rotatable bonds is 8. The molecule has 10 heteroatoms. The second-order valence-corrected chi connectivity index (χ2v) is 8.59. The molecule has 31 heavy (non-hydrogen) atoms. The first-order valence-electron chi connectivity index (χ1n) is 9.06. The van der Waals surface area contributed by atoms with Gasteiger partial charge in [-0.15, -0.1) is 0 Å². The summed E-state index contributed by atoms with van der Waals surface area (Å²) in [6, 6.07) is 16.6. The van der Waals surface area contributed by atoms with Gasteiger partial charge in [0.1, 0.15) is 12.3 Å². The number of anilines is 1. The lowest BCUT2D eigenvalue weighted by Crippen LogP contribution is -2.32. The Morgan fingerprint density at radius 3 is 2.48 bits per heavy atom. The Hall–Kier alpha value is -3.14. The number of esters is 1. The highest BCUT2D eigenvalue weighted by Crippen LogP contribution is 2.27. The average Bonchev–Trinajstić information content (AvgIpc) is 2.76. The number of sulfonamides is 1. The summed E-state index contributed by atoms with van der Waals surface area (Å²) in [7, 11) is -2.50. The zero-order valence-corrected chi connectivity index (χ0v) is 18.0. The Morgan fingerprint density at radius 1 is 1.00 bits per heavy atom. The van der Waals surface area contributed by atoms with E-state index in [-0.39, 0.29) is 4.90 Å². The summed E-state index contributed by atoms with van der Waals surface area (Å²) in [5.41, 5.74) is 0.313. The van der Waals surface area contributed by atoms with E-state index in [4.69, 9.17) is 21.1 Å². The standard InChI is InChI=1S/C21H19ClN2O6S/c1-29-19-9-7-16(22)11-18(19)24-20(25)13-30-21(26)12-23-31(27,28)17-8-6-14-4-2-3-5-15(14)10-17/h2-11,23H,12-13H2,1H3,(H,24,25). The van der Waals surface area contributed by atoms with Gasteiger partial charge in [-0.1, -0.05) is 41.9 Å². The summed E-state index contributed by atoms with van der Waals surface area (Å²) in [4.78, 5) is 23.9. The maximum absolute atomic E-state index is 12.4. The third-order valence-corrected chi connectivity index (χ3v) is 5.87. The molecule has 2 N–H and O–H groups in total. The number of carbonyl (C=O) groups excluding carboxylic acids is 2. The van der Waals surface area contributed by atoms with Crippen molar-refractivity contribution >= 4 is 50.0 Å². The summed E-state index contributed by atoms with van der Waals surface area (Å²) < 4.78 is 37.0. The van der Waals surface area contributed by atoms with Crippen LogP contribution in [0.15, 0.2) is 65.6 Å². The van der Waals surface area contributed by atoms with Crippen LogP contribution >= 0.6 is 11.6 Å². The van der Waals surface area contributed by atoms with E-state index >= 15 is 0 Å². The summed E-state index contributed by atoms with van der Waals surface area (Å²) in [6.45, 7) is -1.23. The van der Waals surface area contributed by atoms with Crippen molar-refractivity contribution in [2.24, 2.45) is 0 Å². The van der Waals surface area contributed by atoms with Crippen LogP contribution in [-0.2, 0) is 24.3 Å². The predicted molar refractivity (Wildman–Crippen MR) is 117 cm³/mol. The van der Waals surface area contributed by atoms with Crippen molar-refractivity contribution in [2.45, 2.75) is 4.90 Å². The maximum atomic E-state index is 12.4. The Bertz CT molecular complexity index is 1230. The molecule has 1 amide bonds. The molecule has 162 valence electrons. The molecule has 0 aromatic heterocycles. The lowest BCUT2D eigenvalue weighted by Gasteiger charge is -2.11. The third-order valence-electron chi connectivity index (χ3n) is 4.24. The molecule has 0 bridgehead atoms. The Balaban J connectivity index is 1.53. The van der Waals surface area contributed by atoms with Gasteiger partial charge in [0, 0.05) is 5.02 Å². The van der Waals surface area contributed by atoms with Crippen molar-refractivity contribution in [3.05, 3.63) is 65.7 Å². The molecule has 0 saturated heterocycles. The Kier molecular flexibility index (Phi) is 7.11. The van der Waals surface area contributed by atoms with E-state index in [9.17, 15) is 18.0 Å². The molecule has 0 spiro atoms. The fourth-order valence-corrected chi connectivity index (χ4v) is 3.91. The number of benzene rings is 3. The van der Waals surface area contributed by atoms with E-state index in [1.165, 1.54) is 25.3 Å². The van der Waals surface area contributed by atoms with E-state index in [0.29, 0.717) is 16.5 Å². The van der Waals surface area contributed by atoms with Crippen LogP contribution in [0.2, 0.25) is 5.02 Å². The van der Waals surface area contributed by atoms with E-state index in [1.807, 2.05) is 12.1 Å². The molecule has 0 atom stereocenters. The molecule has 0 unspecified atom stereocenters. The number of hydrogen-bond donors (Lipinski definition) is 2. The minimum Gasteiger partial charge on any atom is -0.495 e. The zero-order chi connectivity index (χ0) is 22.4. The van der Waals surface area contributed by atoms with Gasteiger partial charge in [-0.2, -0.15) is 4.72 Å². The van der Waals surface area contributed by atoms with E-state index < -0.39 is 35.1 Å². The minimum absolute atomic E-state index is 0.0183. The number of nitrogens with one attached hydrogen (secondary N) is 2. The van der Waals surface area contributed by atoms with E-state index in [0.717, 1.165) is 10.8 Å². The molecule has 3 aromatic rings. The van der Waals surface area contributed by atoms with Gasteiger partial charge in [0.2, 0.25) is 10.0 Å². The summed E-state index contributed by atoms with van der Waals surface area (Å²) in [5.74, 6) is -1.16. The Labute approximate surface area is 184 Å². The number of carbonyl (C=O) groups is 2. The second-order valence-electron chi connectivity index (χ2n) is 6.39. The normalized spacial score (nSPS) is 11.2. The van der Waals surface area contributed by atoms with Crippen LogP contribution in [0, 0.1) is 0 Å². The molecule has 0 fully saturated rings. The lowest BCUT2D eigenvalue weighted by atomic mass is 10.1. The molecule has 0 radical (unpaired) electrons. The highest BCUT2D eigenvalue weighted by atomic mass is 35.5. The highest BCUT2D eigenvalue weighted by Gasteiger charge is 2.17. The molecule has 0 saturated carbocycles. The van der Waals surface area contributed by atoms with Gasteiger partial charge < -0.3 is 14.8 Å². The summed E-state index contributed by atoms with van der Waals surface area (Å²) in [6.07, 6.45) is 0. The van der Waals surface area contributed by atoms with Crippen LogP contribution in [0.25, 0.3) is 10.8 Å². The van der Waals surface area contributed by atoms with Crippen LogP contribution in [0.3, 0.4) is 0 Å². The van der Waals surface area contributed by atoms with Crippen molar-refractivity contribution in [1.82, 2.24) is 4.72 Å². The topological polar surface area (TPSA) is 111 Å². The Morgan fingerprint density at radius 2 is 1.74 bits per heavy atom. The quantitative estimate of drug-likeness (QED) is 0.498. The van der Waals surface area contributed by atoms with Crippen LogP contribution in [0.1, 0.15) is 0 Å². The monoisotopic (exact) mass is 462 g/mol. The fourth-order valence-electron chi connectivity index (χ4n) is 2.73. The van der Waals surface area contributed by atoms with Crippen LogP contribution in [0.5, 0.6) is 5.75 Å². The molecule has 0 aliphatic heterocycles. The summed E-state index contributed by atoms with van der Waals surface area (Å²) in [5, 5.41) is 4.54. The van der Waals surface area contributed by atoms with Crippen LogP contribution in [-0.4, -0.2) is 40.6 Å². The second kappa shape index (κ2) is 9.78. The van der Waals surface area contributed by atoms with Gasteiger partial charge in [0.25, 0.3) is 5.91 Å². The maximum Gasteiger partial charge on any atom is 0.321 e. The number of hydrogen-bond acceptors (Lipinski definition) is 6. The molecule has 3 aromatic carbocycles. The predicted octanol–water partition coefficient (Wildman–Crippen LogP) is 2.96. The summed E-state index contributed by atoms with van der Waals surface area (Å²) >= 11 is 5.89. The SMILES string of the molecule is COc1ccc(Cl)cc1NC(=O)COC(=O)CNS(=O)(=O)c1ccc2ccccc2c1. The smallest absolute Gasteiger partial charge is 0.321 e.